The fourth-order valence-electron chi connectivity index (χ4n) is 2.94. The Bertz CT molecular complexity index is 800. The summed E-state index contributed by atoms with van der Waals surface area (Å²) in [6, 6.07) is 7.28. The van der Waals surface area contributed by atoms with Crippen molar-refractivity contribution in [2.24, 2.45) is 0 Å². The molecule has 0 saturated carbocycles. The van der Waals surface area contributed by atoms with Gasteiger partial charge in [0, 0.05) is 7.05 Å². The van der Waals surface area contributed by atoms with Crippen molar-refractivity contribution >= 4 is 25.5 Å². The predicted octanol–water partition coefficient (Wildman–Crippen LogP) is 2.35. The number of carbonyl (C=O) groups excluding carboxylic acids is 3. The van der Waals surface area contributed by atoms with Crippen molar-refractivity contribution in [2.75, 3.05) is 7.05 Å². The van der Waals surface area contributed by atoms with E-state index in [4.69, 9.17) is 4.74 Å². The Labute approximate surface area is 188 Å². The summed E-state index contributed by atoms with van der Waals surface area (Å²) >= 11 is 0. The molecule has 1 aromatic rings. The largest absolute Gasteiger partial charge is 0.445 e. The van der Waals surface area contributed by atoms with E-state index in [-0.39, 0.29) is 13.0 Å². The van der Waals surface area contributed by atoms with Crippen molar-refractivity contribution in [3.8, 4) is 0 Å². The van der Waals surface area contributed by atoms with Gasteiger partial charge in [-0.3, -0.25) is 19.1 Å². The van der Waals surface area contributed by atoms with Gasteiger partial charge in [0.15, 0.2) is 0 Å². The molecule has 0 fully saturated rings. The zero-order chi connectivity index (χ0) is 24.3. The molecule has 3 amide bonds. The summed E-state index contributed by atoms with van der Waals surface area (Å²) in [4.78, 5) is 57.5. The van der Waals surface area contributed by atoms with E-state index in [2.05, 4.69) is 10.6 Å². The van der Waals surface area contributed by atoms with E-state index >= 15 is 0 Å². The Morgan fingerprint density at radius 1 is 1.03 bits per heavy atom. The monoisotopic (exact) mass is 471 g/mol. The second kappa shape index (κ2) is 13.2. The van der Waals surface area contributed by atoms with Crippen LogP contribution in [0.2, 0.25) is 0 Å². The number of ether oxygens (including phenoxy) is 1. The van der Waals surface area contributed by atoms with Crippen LogP contribution in [-0.4, -0.2) is 57.5 Å². The third kappa shape index (κ3) is 8.98. The number of nitrogens with zero attached hydrogens (tertiary/aromatic N) is 1. The molecule has 0 aliphatic carbocycles. The van der Waals surface area contributed by atoms with Crippen molar-refractivity contribution in [2.45, 2.75) is 70.9 Å². The highest BCUT2D eigenvalue weighted by molar-refractivity contribution is 7.52. The fourth-order valence-corrected chi connectivity index (χ4v) is 3.23. The predicted molar refractivity (Wildman–Crippen MR) is 120 cm³/mol. The van der Waals surface area contributed by atoms with Crippen LogP contribution in [0.1, 0.15) is 52.0 Å². The molecule has 0 aliphatic heterocycles. The lowest BCUT2D eigenvalue weighted by molar-refractivity contribution is -0.131. The molecule has 4 N–H and O–H groups in total. The molecule has 1 aromatic carbocycles. The van der Waals surface area contributed by atoms with Crippen LogP contribution in [0.5, 0.6) is 0 Å². The number of carbonyl (C=O) groups is 3. The molecular weight excluding hydrogens is 437 g/mol. The number of rotatable bonds is 12. The number of amides is 3. The average Bonchev–Trinajstić information content (AvgIpc) is 2.74. The van der Waals surface area contributed by atoms with Crippen molar-refractivity contribution in [1.29, 1.82) is 0 Å². The van der Waals surface area contributed by atoms with Crippen LogP contribution in [0.3, 0.4) is 0 Å². The highest BCUT2D eigenvalue weighted by Gasteiger charge is 2.32. The fraction of sp³-hybridized carbons (Fsp3) is 0.571. The van der Waals surface area contributed by atoms with Gasteiger partial charge in [0.05, 0.1) is 0 Å². The zero-order valence-electron chi connectivity index (χ0n) is 19.0. The van der Waals surface area contributed by atoms with Gasteiger partial charge in [0.25, 0.3) is 0 Å². The first-order valence-electron chi connectivity index (χ1n) is 10.6. The molecule has 3 atom stereocenters. The Morgan fingerprint density at radius 3 is 2.16 bits per heavy atom. The summed E-state index contributed by atoms with van der Waals surface area (Å²) in [5, 5.41) is 4.87. The van der Waals surface area contributed by atoms with Crippen LogP contribution in [-0.2, 0) is 25.5 Å². The summed E-state index contributed by atoms with van der Waals surface area (Å²) < 4.78 is 16.6. The average molecular weight is 471 g/mol. The molecule has 0 aliphatic rings. The van der Waals surface area contributed by atoms with Gasteiger partial charge in [-0.05, 0) is 25.3 Å². The van der Waals surface area contributed by atoms with E-state index in [1.165, 1.54) is 18.9 Å². The highest BCUT2D eigenvalue weighted by Crippen LogP contribution is 2.39. The molecule has 11 heteroatoms. The second-order valence-electron chi connectivity index (χ2n) is 7.58. The first-order chi connectivity index (χ1) is 15.0. The second-order valence-corrected chi connectivity index (χ2v) is 9.53. The Hall–Kier alpha value is -2.42. The van der Waals surface area contributed by atoms with Crippen molar-refractivity contribution in [1.82, 2.24) is 15.5 Å². The molecular formula is C21H34N3O7P. The zero-order valence-corrected chi connectivity index (χ0v) is 19.9. The molecule has 10 nitrogen and oxygen atoms in total. The minimum atomic E-state index is -4.51. The molecule has 0 radical (unpaired) electrons. The lowest BCUT2D eigenvalue weighted by Gasteiger charge is -2.29. The minimum Gasteiger partial charge on any atom is -0.445 e. The number of hydrogen-bond donors (Lipinski definition) is 4. The standard InChI is InChI=1S/C21H34N3O7P/c1-5-10-17(19(25)22-15(3)32(28,29)30)23-20(26)18(11-6-2)24(4)21(27)31-14-16-12-8-7-9-13-16/h7-9,12-13,15,17-18H,5-6,10-11,14H2,1-4H3,(H,22,25)(H,23,26)(H2,28,29,30)/t15-,17+,18+/m1/s1. The van der Waals surface area contributed by atoms with Gasteiger partial charge < -0.3 is 25.2 Å². The van der Waals surface area contributed by atoms with E-state index < -0.39 is 43.4 Å². The van der Waals surface area contributed by atoms with Crippen molar-refractivity contribution in [3.05, 3.63) is 35.9 Å². The van der Waals surface area contributed by atoms with E-state index in [1.54, 1.807) is 0 Å². The molecule has 0 aromatic heterocycles. The van der Waals surface area contributed by atoms with Crippen molar-refractivity contribution < 1.29 is 33.5 Å². The first-order valence-corrected chi connectivity index (χ1v) is 12.3. The van der Waals surface area contributed by atoms with Crippen LogP contribution in [0, 0.1) is 0 Å². The number of likely N-dealkylation sites (N-methyl/N-ethyl adjacent to an activating group) is 1. The SMILES string of the molecule is CCC[C@H](NC(=O)[C@H](CCC)N(C)C(=O)OCc1ccccc1)C(=O)N[C@@H](C)P(=O)(O)O. The van der Waals surface area contributed by atoms with Gasteiger partial charge in [-0.2, -0.15) is 0 Å². The maximum Gasteiger partial charge on any atom is 0.410 e. The van der Waals surface area contributed by atoms with Crippen LogP contribution in [0.25, 0.3) is 0 Å². The number of benzene rings is 1. The smallest absolute Gasteiger partial charge is 0.410 e. The molecule has 1 rings (SSSR count). The van der Waals surface area contributed by atoms with E-state index in [0.29, 0.717) is 19.3 Å². The van der Waals surface area contributed by atoms with Gasteiger partial charge in [-0.1, -0.05) is 57.0 Å². The van der Waals surface area contributed by atoms with E-state index in [0.717, 1.165) is 5.56 Å². The molecule has 0 saturated heterocycles. The van der Waals surface area contributed by atoms with Crippen LogP contribution >= 0.6 is 7.60 Å². The number of hydrogen-bond acceptors (Lipinski definition) is 5. The van der Waals surface area contributed by atoms with E-state index in [9.17, 15) is 28.7 Å². The molecule has 0 unspecified atom stereocenters. The van der Waals surface area contributed by atoms with Gasteiger partial charge >= 0.3 is 13.7 Å². The quantitative estimate of drug-likeness (QED) is 0.342. The molecule has 180 valence electrons. The van der Waals surface area contributed by atoms with Crippen molar-refractivity contribution in [3.63, 3.8) is 0 Å². The van der Waals surface area contributed by atoms with Gasteiger partial charge in [0.2, 0.25) is 11.8 Å². The Morgan fingerprint density at radius 2 is 1.62 bits per heavy atom. The topological polar surface area (TPSA) is 145 Å². The molecule has 32 heavy (non-hydrogen) atoms. The molecule has 0 spiro atoms. The van der Waals surface area contributed by atoms with E-state index in [1.807, 2.05) is 44.2 Å². The van der Waals surface area contributed by atoms with Crippen LogP contribution in [0.15, 0.2) is 30.3 Å². The summed E-state index contributed by atoms with van der Waals surface area (Å²) in [5.41, 5.74) is 0.810. The van der Waals surface area contributed by atoms with Gasteiger partial charge in [-0.25, -0.2) is 4.79 Å². The van der Waals surface area contributed by atoms with Crippen LogP contribution in [0.4, 0.5) is 4.79 Å². The summed E-state index contributed by atoms with van der Waals surface area (Å²) in [6.07, 6.45) is 1.10. The molecule has 0 bridgehead atoms. The maximum atomic E-state index is 12.9. The molecule has 0 heterocycles. The lowest BCUT2D eigenvalue weighted by atomic mass is 10.1. The summed E-state index contributed by atoms with van der Waals surface area (Å²) in [7, 11) is -3.05. The minimum absolute atomic E-state index is 0.0611. The number of nitrogens with one attached hydrogen (secondary N) is 2. The highest BCUT2D eigenvalue weighted by atomic mass is 31.2. The first kappa shape index (κ1) is 27.6. The summed E-state index contributed by atoms with van der Waals surface area (Å²) in [5.74, 6) is -2.61. The normalized spacial score (nSPS) is 14.1. The Balaban J connectivity index is 2.83. The van der Waals surface area contributed by atoms with Gasteiger partial charge in [0.1, 0.15) is 24.5 Å². The van der Waals surface area contributed by atoms with Gasteiger partial charge in [-0.15, -0.1) is 0 Å². The third-order valence-electron chi connectivity index (χ3n) is 4.89. The maximum absolute atomic E-state index is 12.9. The summed E-state index contributed by atoms with van der Waals surface area (Å²) in [6.45, 7) is 4.93. The lowest BCUT2D eigenvalue weighted by Crippen LogP contribution is -2.54. The van der Waals surface area contributed by atoms with Crippen LogP contribution < -0.4 is 10.6 Å². The third-order valence-corrected chi connectivity index (χ3v) is 6.03. The Kier molecular flexibility index (Phi) is 11.4.